The maximum atomic E-state index is 11.4. The SMILES string of the molecule is CCCOc1ccc(C(=O)C(=O)OC)cc1. The molecule has 4 nitrogen and oxygen atoms in total. The number of rotatable bonds is 5. The predicted octanol–water partition coefficient (Wildman–Crippen LogP) is 1.83. The maximum Gasteiger partial charge on any atom is 0.379 e. The minimum atomic E-state index is -0.859. The molecule has 0 saturated heterocycles. The summed E-state index contributed by atoms with van der Waals surface area (Å²) in [5.41, 5.74) is 0.302. The lowest BCUT2D eigenvalue weighted by molar-refractivity contribution is -0.135. The van der Waals surface area contributed by atoms with Gasteiger partial charge in [0.05, 0.1) is 13.7 Å². The Labute approximate surface area is 94.2 Å². The van der Waals surface area contributed by atoms with Gasteiger partial charge in [0.2, 0.25) is 0 Å². The Balaban J connectivity index is 2.71. The highest BCUT2D eigenvalue weighted by Crippen LogP contribution is 2.13. The molecule has 0 radical (unpaired) electrons. The Morgan fingerprint density at radius 1 is 1.19 bits per heavy atom. The first-order valence-electron chi connectivity index (χ1n) is 5.04. The molecule has 0 unspecified atom stereocenters. The van der Waals surface area contributed by atoms with Crippen LogP contribution in [0, 0.1) is 0 Å². The third kappa shape index (κ3) is 3.08. The van der Waals surface area contributed by atoms with Crippen LogP contribution < -0.4 is 4.74 Å². The van der Waals surface area contributed by atoms with E-state index in [1.165, 1.54) is 7.11 Å². The van der Waals surface area contributed by atoms with E-state index in [1.807, 2.05) is 6.92 Å². The number of carbonyl (C=O) groups is 2. The molecular weight excluding hydrogens is 208 g/mol. The molecule has 16 heavy (non-hydrogen) atoms. The standard InChI is InChI=1S/C12H14O4/c1-3-8-16-10-6-4-9(5-7-10)11(13)12(14)15-2/h4-7H,3,8H2,1-2H3. The van der Waals surface area contributed by atoms with Crippen LogP contribution in [0.3, 0.4) is 0 Å². The van der Waals surface area contributed by atoms with Crippen molar-refractivity contribution in [1.29, 1.82) is 0 Å². The summed E-state index contributed by atoms with van der Waals surface area (Å²) in [6.45, 7) is 2.64. The average molecular weight is 222 g/mol. The number of ketones is 1. The number of ether oxygens (including phenoxy) is 2. The van der Waals surface area contributed by atoms with Gasteiger partial charge in [-0.3, -0.25) is 4.79 Å². The van der Waals surface area contributed by atoms with Gasteiger partial charge >= 0.3 is 5.97 Å². The van der Waals surface area contributed by atoms with Crippen LogP contribution in [-0.4, -0.2) is 25.5 Å². The first kappa shape index (κ1) is 12.2. The average Bonchev–Trinajstić information content (AvgIpc) is 2.35. The van der Waals surface area contributed by atoms with Crippen LogP contribution in [0.4, 0.5) is 0 Å². The lowest BCUT2D eigenvalue weighted by Gasteiger charge is -2.04. The highest BCUT2D eigenvalue weighted by Gasteiger charge is 2.15. The van der Waals surface area contributed by atoms with Crippen LogP contribution in [0.25, 0.3) is 0 Å². The van der Waals surface area contributed by atoms with E-state index >= 15 is 0 Å². The molecule has 0 bridgehead atoms. The normalized spacial score (nSPS) is 9.62. The minimum absolute atomic E-state index is 0.302. The summed E-state index contributed by atoms with van der Waals surface area (Å²) in [7, 11) is 1.18. The van der Waals surface area contributed by atoms with Gasteiger partial charge in [-0.25, -0.2) is 4.79 Å². The number of hydrogen-bond donors (Lipinski definition) is 0. The monoisotopic (exact) mass is 222 g/mol. The maximum absolute atomic E-state index is 11.4. The molecule has 0 atom stereocenters. The zero-order valence-corrected chi connectivity index (χ0v) is 9.36. The summed E-state index contributed by atoms with van der Waals surface area (Å²) in [4.78, 5) is 22.4. The fourth-order valence-electron chi connectivity index (χ4n) is 1.13. The van der Waals surface area contributed by atoms with Crippen molar-refractivity contribution < 1.29 is 19.1 Å². The second-order valence-electron chi connectivity index (χ2n) is 3.19. The first-order chi connectivity index (χ1) is 7.69. The van der Waals surface area contributed by atoms with Crippen LogP contribution in [-0.2, 0) is 9.53 Å². The van der Waals surface area contributed by atoms with Crippen molar-refractivity contribution in [2.45, 2.75) is 13.3 Å². The molecule has 0 heterocycles. The van der Waals surface area contributed by atoms with Gasteiger partial charge in [-0.05, 0) is 30.7 Å². The molecular formula is C12H14O4. The Morgan fingerprint density at radius 2 is 1.81 bits per heavy atom. The Morgan fingerprint density at radius 3 is 2.31 bits per heavy atom. The number of hydrogen-bond acceptors (Lipinski definition) is 4. The molecule has 86 valence electrons. The van der Waals surface area contributed by atoms with E-state index in [0.717, 1.165) is 6.42 Å². The quantitative estimate of drug-likeness (QED) is 0.433. The van der Waals surface area contributed by atoms with Gasteiger partial charge in [0, 0.05) is 5.56 Å². The largest absolute Gasteiger partial charge is 0.494 e. The second-order valence-corrected chi connectivity index (χ2v) is 3.19. The highest BCUT2D eigenvalue weighted by molar-refractivity contribution is 6.40. The van der Waals surface area contributed by atoms with Gasteiger partial charge in [-0.1, -0.05) is 6.92 Å². The lowest BCUT2D eigenvalue weighted by Crippen LogP contribution is -2.15. The first-order valence-corrected chi connectivity index (χ1v) is 5.04. The number of esters is 1. The van der Waals surface area contributed by atoms with Crippen LogP contribution >= 0.6 is 0 Å². The molecule has 0 spiro atoms. The van der Waals surface area contributed by atoms with Gasteiger partial charge in [0.1, 0.15) is 5.75 Å². The van der Waals surface area contributed by atoms with E-state index in [-0.39, 0.29) is 0 Å². The Kier molecular flexibility index (Phi) is 4.51. The predicted molar refractivity (Wildman–Crippen MR) is 58.6 cm³/mol. The summed E-state index contributed by atoms with van der Waals surface area (Å²) < 4.78 is 9.69. The molecule has 1 rings (SSSR count). The highest BCUT2D eigenvalue weighted by atomic mass is 16.5. The van der Waals surface area contributed by atoms with Crippen molar-refractivity contribution in [2.75, 3.05) is 13.7 Å². The van der Waals surface area contributed by atoms with Crippen LogP contribution in [0.5, 0.6) is 5.75 Å². The molecule has 1 aromatic rings. The molecule has 1 aromatic carbocycles. The lowest BCUT2D eigenvalue weighted by atomic mass is 10.1. The Bertz CT molecular complexity index is 367. The Hall–Kier alpha value is -1.84. The van der Waals surface area contributed by atoms with Gasteiger partial charge in [-0.2, -0.15) is 0 Å². The second kappa shape index (κ2) is 5.90. The van der Waals surface area contributed by atoms with E-state index in [4.69, 9.17) is 4.74 Å². The van der Waals surface area contributed by atoms with E-state index in [9.17, 15) is 9.59 Å². The van der Waals surface area contributed by atoms with Gasteiger partial charge in [0.15, 0.2) is 0 Å². The van der Waals surface area contributed by atoms with E-state index in [0.29, 0.717) is 17.9 Å². The third-order valence-electron chi connectivity index (χ3n) is 1.96. The van der Waals surface area contributed by atoms with Crippen molar-refractivity contribution in [3.8, 4) is 5.75 Å². The third-order valence-corrected chi connectivity index (χ3v) is 1.96. The smallest absolute Gasteiger partial charge is 0.379 e. The van der Waals surface area contributed by atoms with Gasteiger partial charge < -0.3 is 9.47 Å². The van der Waals surface area contributed by atoms with Crippen molar-refractivity contribution >= 4 is 11.8 Å². The van der Waals surface area contributed by atoms with Crippen LogP contribution in [0.1, 0.15) is 23.7 Å². The summed E-state index contributed by atoms with van der Waals surface area (Å²) in [5.74, 6) is -0.824. The number of carbonyl (C=O) groups excluding carboxylic acids is 2. The van der Waals surface area contributed by atoms with E-state index in [1.54, 1.807) is 24.3 Å². The van der Waals surface area contributed by atoms with Crippen molar-refractivity contribution in [3.05, 3.63) is 29.8 Å². The number of benzene rings is 1. The molecule has 0 N–H and O–H groups in total. The fourth-order valence-corrected chi connectivity index (χ4v) is 1.13. The molecule has 0 amide bonds. The van der Waals surface area contributed by atoms with Crippen LogP contribution in [0.15, 0.2) is 24.3 Å². The summed E-state index contributed by atoms with van der Waals surface area (Å²) >= 11 is 0. The molecule has 0 aliphatic rings. The number of Topliss-reactive ketones (excluding diaryl/α,β-unsaturated/α-hetero) is 1. The number of methoxy groups -OCH3 is 1. The topological polar surface area (TPSA) is 52.6 Å². The zero-order valence-electron chi connectivity index (χ0n) is 9.36. The molecule has 0 aromatic heterocycles. The summed E-state index contributed by atoms with van der Waals surface area (Å²) in [6, 6.07) is 6.41. The van der Waals surface area contributed by atoms with Crippen molar-refractivity contribution in [1.82, 2.24) is 0 Å². The molecule has 0 saturated carbocycles. The molecule has 4 heteroatoms. The summed E-state index contributed by atoms with van der Waals surface area (Å²) in [6.07, 6.45) is 0.919. The van der Waals surface area contributed by atoms with Gasteiger partial charge in [0.25, 0.3) is 5.78 Å². The van der Waals surface area contributed by atoms with Crippen molar-refractivity contribution in [3.63, 3.8) is 0 Å². The van der Waals surface area contributed by atoms with Gasteiger partial charge in [-0.15, -0.1) is 0 Å². The van der Waals surface area contributed by atoms with Crippen LogP contribution in [0.2, 0.25) is 0 Å². The van der Waals surface area contributed by atoms with E-state index < -0.39 is 11.8 Å². The fraction of sp³-hybridized carbons (Fsp3) is 0.333. The van der Waals surface area contributed by atoms with Crippen molar-refractivity contribution in [2.24, 2.45) is 0 Å². The molecule has 0 aliphatic heterocycles. The zero-order chi connectivity index (χ0) is 12.0. The van der Waals surface area contributed by atoms with E-state index in [2.05, 4.69) is 4.74 Å². The molecule has 0 aliphatic carbocycles. The minimum Gasteiger partial charge on any atom is -0.494 e. The molecule has 0 fully saturated rings. The summed E-state index contributed by atoms with van der Waals surface area (Å²) in [5, 5.41) is 0.